The van der Waals surface area contributed by atoms with E-state index in [1.165, 1.54) is 12.8 Å². The summed E-state index contributed by atoms with van der Waals surface area (Å²) in [5.41, 5.74) is 2.27. The van der Waals surface area contributed by atoms with E-state index in [2.05, 4.69) is 15.5 Å². The van der Waals surface area contributed by atoms with Gasteiger partial charge in [0.25, 0.3) is 5.91 Å². The third-order valence-corrected chi connectivity index (χ3v) is 4.03. The van der Waals surface area contributed by atoms with Crippen LogP contribution in [0.3, 0.4) is 0 Å². The summed E-state index contributed by atoms with van der Waals surface area (Å²) in [5, 5.41) is 11.7. The van der Waals surface area contributed by atoms with E-state index in [4.69, 9.17) is 0 Å². The normalized spacial score (nSPS) is 15.6. The zero-order valence-electron chi connectivity index (χ0n) is 12.8. The SMILES string of the molecule is Cc1cc(NC(=O)c2cn(C)nc2C)n(C2CCCC2)n1. The van der Waals surface area contributed by atoms with Gasteiger partial charge in [0.1, 0.15) is 5.82 Å². The van der Waals surface area contributed by atoms with Crippen LogP contribution in [0.5, 0.6) is 0 Å². The monoisotopic (exact) mass is 287 g/mol. The van der Waals surface area contributed by atoms with Gasteiger partial charge in [0, 0.05) is 19.3 Å². The van der Waals surface area contributed by atoms with E-state index in [0.29, 0.717) is 11.6 Å². The van der Waals surface area contributed by atoms with E-state index < -0.39 is 0 Å². The first-order chi connectivity index (χ1) is 10.0. The highest BCUT2D eigenvalue weighted by Gasteiger charge is 2.22. The van der Waals surface area contributed by atoms with Crippen molar-refractivity contribution in [2.75, 3.05) is 5.32 Å². The van der Waals surface area contributed by atoms with Crippen LogP contribution in [0.1, 0.15) is 53.5 Å². The van der Waals surface area contributed by atoms with Crippen LogP contribution >= 0.6 is 0 Å². The van der Waals surface area contributed by atoms with Crippen LogP contribution in [-0.4, -0.2) is 25.5 Å². The minimum absolute atomic E-state index is 0.125. The molecule has 21 heavy (non-hydrogen) atoms. The van der Waals surface area contributed by atoms with Crippen LogP contribution in [-0.2, 0) is 7.05 Å². The Kier molecular flexibility index (Phi) is 3.53. The lowest BCUT2D eigenvalue weighted by molar-refractivity contribution is 0.102. The predicted molar refractivity (Wildman–Crippen MR) is 80.4 cm³/mol. The van der Waals surface area contributed by atoms with Gasteiger partial charge in [-0.25, -0.2) is 4.68 Å². The van der Waals surface area contributed by atoms with E-state index in [9.17, 15) is 4.79 Å². The van der Waals surface area contributed by atoms with Crippen molar-refractivity contribution in [3.63, 3.8) is 0 Å². The number of rotatable bonds is 3. The van der Waals surface area contributed by atoms with Gasteiger partial charge in [-0.05, 0) is 26.7 Å². The maximum atomic E-state index is 12.4. The molecule has 1 saturated carbocycles. The number of hydrogen-bond acceptors (Lipinski definition) is 3. The molecule has 1 amide bonds. The Morgan fingerprint density at radius 1 is 1.29 bits per heavy atom. The molecule has 0 radical (unpaired) electrons. The number of aromatic nitrogens is 4. The first-order valence-electron chi connectivity index (χ1n) is 7.42. The molecule has 0 aromatic carbocycles. The molecule has 1 aliphatic carbocycles. The quantitative estimate of drug-likeness (QED) is 0.943. The van der Waals surface area contributed by atoms with Gasteiger partial charge in [-0.3, -0.25) is 9.48 Å². The maximum Gasteiger partial charge on any atom is 0.260 e. The largest absolute Gasteiger partial charge is 0.307 e. The Morgan fingerprint density at radius 3 is 2.62 bits per heavy atom. The van der Waals surface area contributed by atoms with Crippen molar-refractivity contribution in [1.29, 1.82) is 0 Å². The van der Waals surface area contributed by atoms with Crippen LogP contribution in [0.2, 0.25) is 0 Å². The Balaban J connectivity index is 1.84. The second-order valence-electron chi connectivity index (χ2n) is 5.81. The number of aryl methyl sites for hydroxylation is 3. The first-order valence-corrected chi connectivity index (χ1v) is 7.42. The van der Waals surface area contributed by atoms with Crippen molar-refractivity contribution in [3.05, 3.63) is 29.2 Å². The zero-order valence-corrected chi connectivity index (χ0v) is 12.8. The highest BCUT2D eigenvalue weighted by Crippen LogP contribution is 2.32. The summed E-state index contributed by atoms with van der Waals surface area (Å²) < 4.78 is 3.63. The Hall–Kier alpha value is -2.11. The average molecular weight is 287 g/mol. The van der Waals surface area contributed by atoms with Gasteiger partial charge in [-0.1, -0.05) is 12.8 Å². The molecule has 1 N–H and O–H groups in total. The number of carbonyl (C=O) groups excluding carboxylic acids is 1. The molecule has 2 heterocycles. The summed E-state index contributed by atoms with van der Waals surface area (Å²) in [6, 6.07) is 2.34. The molecule has 0 aliphatic heterocycles. The molecule has 6 heteroatoms. The number of carbonyl (C=O) groups is 1. The van der Waals surface area contributed by atoms with Gasteiger partial charge < -0.3 is 5.32 Å². The van der Waals surface area contributed by atoms with Gasteiger partial charge in [0.15, 0.2) is 0 Å². The maximum absolute atomic E-state index is 12.4. The molecule has 3 rings (SSSR count). The molecule has 2 aromatic rings. The van der Waals surface area contributed by atoms with E-state index in [0.717, 1.165) is 30.0 Å². The smallest absolute Gasteiger partial charge is 0.260 e. The topological polar surface area (TPSA) is 64.7 Å². The summed E-state index contributed by atoms with van der Waals surface area (Å²) in [4.78, 5) is 12.4. The highest BCUT2D eigenvalue weighted by atomic mass is 16.1. The van der Waals surface area contributed by atoms with Crippen LogP contribution in [0.4, 0.5) is 5.82 Å². The number of hydrogen-bond donors (Lipinski definition) is 1. The second-order valence-corrected chi connectivity index (χ2v) is 5.81. The summed E-state index contributed by atoms with van der Waals surface area (Å²) in [5.74, 6) is 0.660. The molecule has 112 valence electrons. The van der Waals surface area contributed by atoms with E-state index in [1.807, 2.05) is 31.6 Å². The van der Waals surface area contributed by atoms with Crippen LogP contribution < -0.4 is 5.32 Å². The molecular formula is C15H21N5O. The molecule has 0 bridgehead atoms. The first kappa shape index (κ1) is 13.9. The second kappa shape index (κ2) is 5.35. The molecule has 1 fully saturated rings. The fourth-order valence-corrected chi connectivity index (χ4v) is 3.04. The van der Waals surface area contributed by atoms with Crippen LogP contribution in [0.25, 0.3) is 0 Å². The van der Waals surface area contributed by atoms with Gasteiger partial charge in [0.05, 0.1) is 23.0 Å². The third-order valence-electron chi connectivity index (χ3n) is 4.03. The number of nitrogens with one attached hydrogen (secondary N) is 1. The van der Waals surface area contributed by atoms with Gasteiger partial charge >= 0.3 is 0 Å². The molecule has 0 saturated heterocycles. The highest BCUT2D eigenvalue weighted by molar-refractivity contribution is 6.04. The summed E-state index contributed by atoms with van der Waals surface area (Å²) in [7, 11) is 1.82. The molecule has 1 aliphatic rings. The molecule has 0 spiro atoms. The van der Waals surface area contributed by atoms with E-state index in [1.54, 1.807) is 10.9 Å². The predicted octanol–water partition coefficient (Wildman–Crippen LogP) is 2.60. The minimum Gasteiger partial charge on any atom is -0.307 e. The van der Waals surface area contributed by atoms with Crippen molar-refractivity contribution in [2.24, 2.45) is 7.05 Å². The number of anilines is 1. The third kappa shape index (κ3) is 2.70. The van der Waals surface area contributed by atoms with Crippen LogP contribution in [0, 0.1) is 13.8 Å². The summed E-state index contributed by atoms with van der Waals surface area (Å²) in [6.07, 6.45) is 6.48. The van der Waals surface area contributed by atoms with Crippen molar-refractivity contribution >= 4 is 11.7 Å². The Bertz CT molecular complexity index is 664. The molecule has 2 aromatic heterocycles. The lowest BCUT2D eigenvalue weighted by Gasteiger charge is -2.14. The van der Waals surface area contributed by atoms with Gasteiger partial charge in [0.2, 0.25) is 0 Å². The summed E-state index contributed by atoms with van der Waals surface area (Å²) >= 11 is 0. The van der Waals surface area contributed by atoms with Crippen molar-refractivity contribution in [1.82, 2.24) is 19.6 Å². The van der Waals surface area contributed by atoms with Crippen molar-refractivity contribution in [2.45, 2.75) is 45.6 Å². The molecule has 6 nitrogen and oxygen atoms in total. The average Bonchev–Trinajstić information content (AvgIpc) is 3.10. The molecular weight excluding hydrogens is 266 g/mol. The lowest BCUT2D eigenvalue weighted by atomic mass is 10.2. The minimum atomic E-state index is -0.125. The Labute approximate surface area is 124 Å². The lowest BCUT2D eigenvalue weighted by Crippen LogP contribution is -2.18. The van der Waals surface area contributed by atoms with E-state index >= 15 is 0 Å². The van der Waals surface area contributed by atoms with Crippen LogP contribution in [0.15, 0.2) is 12.3 Å². The standard InChI is InChI=1S/C15H21N5O/c1-10-8-14(20(17-10)12-6-4-5-7-12)16-15(21)13-9-19(3)18-11(13)2/h8-9,12H,4-7H2,1-3H3,(H,16,21). The molecule has 0 unspecified atom stereocenters. The Morgan fingerprint density at radius 2 is 2.00 bits per heavy atom. The summed E-state index contributed by atoms with van der Waals surface area (Å²) in [6.45, 7) is 3.80. The number of nitrogens with zero attached hydrogens (tertiary/aromatic N) is 4. The number of amides is 1. The zero-order chi connectivity index (χ0) is 15.0. The fraction of sp³-hybridized carbons (Fsp3) is 0.533. The van der Waals surface area contributed by atoms with Crippen molar-refractivity contribution < 1.29 is 4.79 Å². The fourth-order valence-electron chi connectivity index (χ4n) is 3.04. The van der Waals surface area contributed by atoms with Crippen molar-refractivity contribution in [3.8, 4) is 0 Å². The van der Waals surface area contributed by atoms with E-state index in [-0.39, 0.29) is 5.91 Å². The van der Waals surface area contributed by atoms with Gasteiger partial charge in [-0.15, -0.1) is 0 Å². The molecule has 0 atom stereocenters. The van der Waals surface area contributed by atoms with Gasteiger partial charge in [-0.2, -0.15) is 10.2 Å².